The van der Waals surface area contributed by atoms with Gasteiger partial charge < -0.3 is 5.32 Å². The molecule has 1 aromatic rings. The van der Waals surface area contributed by atoms with Crippen molar-refractivity contribution in [2.45, 2.75) is 45.6 Å². The lowest BCUT2D eigenvalue weighted by Gasteiger charge is -2.34. The van der Waals surface area contributed by atoms with Gasteiger partial charge in [-0.1, -0.05) is 54.8 Å². The highest BCUT2D eigenvalue weighted by Crippen LogP contribution is 2.29. The SMILES string of the molecule is C[C@@H]1[C@H](C)CCC[C@@H]1NC(=O)Cc1ccc(Br)cc1. The molecule has 0 saturated heterocycles. The maximum atomic E-state index is 12.1. The first kappa shape index (κ1) is 14.6. The Kier molecular flexibility index (Phi) is 5.03. The van der Waals surface area contributed by atoms with Crippen LogP contribution in [0.1, 0.15) is 38.7 Å². The molecule has 1 fully saturated rings. The molecule has 19 heavy (non-hydrogen) atoms. The van der Waals surface area contributed by atoms with Crippen LogP contribution in [-0.4, -0.2) is 11.9 Å². The van der Waals surface area contributed by atoms with Gasteiger partial charge in [0.2, 0.25) is 5.91 Å². The van der Waals surface area contributed by atoms with Gasteiger partial charge in [0.1, 0.15) is 0 Å². The lowest BCUT2D eigenvalue weighted by Crippen LogP contribution is -2.44. The van der Waals surface area contributed by atoms with Crippen molar-refractivity contribution in [2.24, 2.45) is 11.8 Å². The smallest absolute Gasteiger partial charge is 0.224 e. The monoisotopic (exact) mass is 323 g/mol. The van der Waals surface area contributed by atoms with E-state index in [1.165, 1.54) is 12.8 Å². The van der Waals surface area contributed by atoms with E-state index in [1.807, 2.05) is 24.3 Å². The Morgan fingerprint density at radius 1 is 1.26 bits per heavy atom. The molecule has 0 bridgehead atoms. The Labute approximate surface area is 124 Å². The minimum absolute atomic E-state index is 0.147. The number of hydrogen-bond donors (Lipinski definition) is 1. The lowest BCUT2D eigenvalue weighted by molar-refractivity contribution is -0.121. The second kappa shape index (κ2) is 6.56. The summed E-state index contributed by atoms with van der Waals surface area (Å²) in [6.07, 6.45) is 4.12. The van der Waals surface area contributed by atoms with Gasteiger partial charge in [-0.05, 0) is 36.0 Å². The summed E-state index contributed by atoms with van der Waals surface area (Å²) in [5, 5.41) is 3.21. The number of carbonyl (C=O) groups is 1. The van der Waals surface area contributed by atoms with Gasteiger partial charge in [0.05, 0.1) is 6.42 Å². The number of amides is 1. The zero-order valence-electron chi connectivity index (χ0n) is 11.7. The van der Waals surface area contributed by atoms with Gasteiger partial charge in [-0.3, -0.25) is 4.79 Å². The molecule has 1 aromatic carbocycles. The molecule has 0 unspecified atom stereocenters. The Hall–Kier alpha value is -0.830. The molecule has 0 aliphatic heterocycles. The fourth-order valence-electron chi connectivity index (χ4n) is 2.83. The molecule has 0 heterocycles. The van der Waals surface area contributed by atoms with Crippen molar-refractivity contribution in [1.82, 2.24) is 5.32 Å². The number of benzene rings is 1. The normalized spacial score (nSPS) is 27.0. The molecule has 3 atom stereocenters. The van der Waals surface area contributed by atoms with Crippen LogP contribution in [0.4, 0.5) is 0 Å². The maximum absolute atomic E-state index is 12.1. The van der Waals surface area contributed by atoms with Crippen molar-refractivity contribution < 1.29 is 4.79 Å². The van der Waals surface area contributed by atoms with Crippen molar-refractivity contribution in [3.8, 4) is 0 Å². The number of carbonyl (C=O) groups excluding carboxylic acids is 1. The molecule has 1 N–H and O–H groups in total. The molecule has 1 amide bonds. The Bertz CT molecular complexity index is 429. The first-order valence-electron chi connectivity index (χ1n) is 7.10. The third kappa shape index (κ3) is 4.07. The molecular formula is C16H22BrNO. The number of nitrogens with one attached hydrogen (secondary N) is 1. The van der Waals surface area contributed by atoms with Gasteiger partial charge in [0, 0.05) is 10.5 Å². The molecule has 3 heteroatoms. The molecule has 1 aliphatic carbocycles. The summed E-state index contributed by atoms with van der Waals surface area (Å²) in [4.78, 5) is 12.1. The summed E-state index contributed by atoms with van der Waals surface area (Å²) in [5.41, 5.74) is 1.07. The van der Waals surface area contributed by atoms with Gasteiger partial charge in [-0.25, -0.2) is 0 Å². The predicted octanol–water partition coefficient (Wildman–Crippen LogP) is 3.93. The summed E-state index contributed by atoms with van der Waals surface area (Å²) in [5.74, 6) is 1.45. The number of hydrogen-bond acceptors (Lipinski definition) is 1. The molecule has 1 saturated carbocycles. The van der Waals surface area contributed by atoms with E-state index >= 15 is 0 Å². The van der Waals surface area contributed by atoms with Gasteiger partial charge in [0.25, 0.3) is 0 Å². The van der Waals surface area contributed by atoms with Crippen LogP contribution < -0.4 is 5.32 Å². The van der Waals surface area contributed by atoms with E-state index in [0.29, 0.717) is 24.3 Å². The largest absolute Gasteiger partial charge is 0.353 e. The van der Waals surface area contributed by atoms with Crippen molar-refractivity contribution in [2.75, 3.05) is 0 Å². The molecule has 2 rings (SSSR count). The topological polar surface area (TPSA) is 29.1 Å². The fourth-order valence-corrected chi connectivity index (χ4v) is 3.10. The van der Waals surface area contributed by atoms with E-state index in [2.05, 4.69) is 35.1 Å². The van der Waals surface area contributed by atoms with Crippen LogP contribution in [0.3, 0.4) is 0 Å². The lowest BCUT2D eigenvalue weighted by atomic mass is 9.78. The summed E-state index contributed by atoms with van der Waals surface area (Å²) >= 11 is 3.41. The Morgan fingerprint density at radius 2 is 1.95 bits per heavy atom. The van der Waals surface area contributed by atoms with E-state index in [1.54, 1.807) is 0 Å². The Morgan fingerprint density at radius 3 is 2.63 bits per heavy atom. The highest BCUT2D eigenvalue weighted by Gasteiger charge is 2.27. The van der Waals surface area contributed by atoms with Crippen molar-refractivity contribution in [3.63, 3.8) is 0 Å². The van der Waals surface area contributed by atoms with Crippen LogP contribution in [0, 0.1) is 11.8 Å². The summed E-state index contributed by atoms with van der Waals surface area (Å²) in [6, 6.07) is 8.31. The van der Waals surface area contributed by atoms with Gasteiger partial charge in [-0.15, -0.1) is 0 Å². The molecule has 0 spiro atoms. The molecule has 2 nitrogen and oxygen atoms in total. The molecule has 104 valence electrons. The third-order valence-corrected chi connectivity index (χ3v) is 4.86. The van der Waals surface area contributed by atoms with Crippen molar-refractivity contribution >= 4 is 21.8 Å². The quantitative estimate of drug-likeness (QED) is 0.897. The third-order valence-electron chi connectivity index (χ3n) is 4.33. The predicted molar refractivity (Wildman–Crippen MR) is 82.0 cm³/mol. The van der Waals surface area contributed by atoms with E-state index in [9.17, 15) is 4.79 Å². The number of rotatable bonds is 3. The molecule has 0 aromatic heterocycles. The summed E-state index contributed by atoms with van der Waals surface area (Å²) < 4.78 is 1.05. The second-order valence-corrected chi connectivity index (χ2v) is 6.66. The van der Waals surface area contributed by atoms with E-state index in [0.717, 1.165) is 16.5 Å². The standard InChI is InChI=1S/C16H22BrNO/c1-11-4-3-5-15(12(11)2)18-16(19)10-13-6-8-14(17)9-7-13/h6-9,11-12,15H,3-5,10H2,1-2H3,(H,18,19)/t11-,12-,15+/m1/s1. The summed E-state index contributed by atoms with van der Waals surface area (Å²) in [6.45, 7) is 4.55. The summed E-state index contributed by atoms with van der Waals surface area (Å²) in [7, 11) is 0. The molecule has 0 radical (unpaired) electrons. The van der Waals surface area contributed by atoms with Gasteiger partial charge in [0.15, 0.2) is 0 Å². The van der Waals surface area contributed by atoms with E-state index in [-0.39, 0.29) is 5.91 Å². The van der Waals surface area contributed by atoms with Crippen LogP contribution in [0.5, 0.6) is 0 Å². The van der Waals surface area contributed by atoms with Gasteiger partial charge >= 0.3 is 0 Å². The first-order valence-corrected chi connectivity index (χ1v) is 7.89. The minimum atomic E-state index is 0.147. The highest BCUT2D eigenvalue weighted by atomic mass is 79.9. The zero-order chi connectivity index (χ0) is 13.8. The Balaban J connectivity index is 1.88. The van der Waals surface area contributed by atoms with E-state index in [4.69, 9.17) is 0 Å². The average Bonchev–Trinajstić information content (AvgIpc) is 2.38. The highest BCUT2D eigenvalue weighted by molar-refractivity contribution is 9.10. The van der Waals surface area contributed by atoms with Crippen LogP contribution in [-0.2, 0) is 11.2 Å². The number of halogens is 1. The fraction of sp³-hybridized carbons (Fsp3) is 0.562. The van der Waals surface area contributed by atoms with Crippen molar-refractivity contribution in [3.05, 3.63) is 34.3 Å². The average molecular weight is 324 g/mol. The second-order valence-electron chi connectivity index (χ2n) is 5.74. The van der Waals surface area contributed by atoms with E-state index < -0.39 is 0 Å². The zero-order valence-corrected chi connectivity index (χ0v) is 13.2. The van der Waals surface area contributed by atoms with Crippen LogP contribution >= 0.6 is 15.9 Å². The van der Waals surface area contributed by atoms with Crippen LogP contribution in [0.2, 0.25) is 0 Å². The molecular weight excluding hydrogens is 302 g/mol. The van der Waals surface area contributed by atoms with Crippen LogP contribution in [0.25, 0.3) is 0 Å². The van der Waals surface area contributed by atoms with Gasteiger partial charge in [-0.2, -0.15) is 0 Å². The first-order chi connectivity index (χ1) is 9.06. The maximum Gasteiger partial charge on any atom is 0.224 e. The van der Waals surface area contributed by atoms with Crippen LogP contribution in [0.15, 0.2) is 28.7 Å². The molecule has 1 aliphatic rings. The minimum Gasteiger partial charge on any atom is -0.353 e. The van der Waals surface area contributed by atoms with Crippen molar-refractivity contribution in [1.29, 1.82) is 0 Å².